The minimum absolute atomic E-state index is 0.0275. The highest BCUT2D eigenvalue weighted by molar-refractivity contribution is 9.10. The number of ether oxygens (including phenoxy) is 1. The third kappa shape index (κ3) is 4.29. The number of aromatic amines is 1. The molecule has 0 radical (unpaired) electrons. The van der Waals surface area contributed by atoms with Crippen LogP contribution < -0.4 is 26.0 Å². The van der Waals surface area contributed by atoms with Gasteiger partial charge in [-0.05, 0) is 70.9 Å². The summed E-state index contributed by atoms with van der Waals surface area (Å²) in [4.78, 5) is 12.8. The van der Waals surface area contributed by atoms with E-state index in [-0.39, 0.29) is 22.0 Å². The van der Waals surface area contributed by atoms with Crippen molar-refractivity contribution in [3.63, 3.8) is 0 Å². The summed E-state index contributed by atoms with van der Waals surface area (Å²) in [5, 5.41) is 18.7. The third-order valence-electron chi connectivity index (χ3n) is 4.09. The van der Waals surface area contributed by atoms with Gasteiger partial charge in [-0.3, -0.25) is 9.89 Å². The zero-order valence-electron chi connectivity index (χ0n) is 15.3. The molecule has 0 amide bonds. The van der Waals surface area contributed by atoms with Gasteiger partial charge in [0.05, 0.1) is 32.2 Å². The first-order valence-electron chi connectivity index (χ1n) is 8.42. The zero-order chi connectivity index (χ0) is 21.3. The molecule has 0 bridgehead atoms. The Hall–Kier alpha value is -2.82. The number of phenols is 1. The van der Waals surface area contributed by atoms with Crippen LogP contribution in [0.15, 0.2) is 50.6 Å². The maximum Gasteiger partial charge on any atom is 0.279 e. The molecule has 0 unspecified atom stereocenters. The Kier molecular flexibility index (Phi) is 5.69. The predicted octanol–water partition coefficient (Wildman–Crippen LogP) is 0.919. The molecule has 0 saturated carbocycles. The fourth-order valence-corrected chi connectivity index (χ4v) is 3.70. The highest BCUT2D eigenvalue weighted by atomic mass is 79.9. The van der Waals surface area contributed by atoms with Gasteiger partial charge in [-0.25, -0.2) is 18.2 Å². The van der Waals surface area contributed by atoms with E-state index < -0.39 is 10.0 Å². The molecule has 3 aromatic rings. The Bertz CT molecular complexity index is 1340. The summed E-state index contributed by atoms with van der Waals surface area (Å²) in [5.74, 6) is 0.258. The van der Waals surface area contributed by atoms with E-state index in [9.17, 15) is 18.3 Å². The quantitative estimate of drug-likeness (QED) is 0.501. The molecule has 0 fully saturated rings. The monoisotopic (exact) mass is 479 g/mol. The Morgan fingerprint density at radius 2 is 1.97 bits per heavy atom. The van der Waals surface area contributed by atoms with E-state index in [0.29, 0.717) is 32.9 Å². The number of halogens is 1. The summed E-state index contributed by atoms with van der Waals surface area (Å²) < 4.78 is 29.9. The minimum Gasteiger partial charge on any atom is -0.503 e. The molecule has 152 valence electrons. The largest absolute Gasteiger partial charge is 0.503 e. The van der Waals surface area contributed by atoms with Gasteiger partial charge in [0.25, 0.3) is 5.56 Å². The molecule has 3 rings (SSSR count). The van der Waals surface area contributed by atoms with E-state index in [4.69, 9.17) is 9.88 Å². The third-order valence-corrected chi connectivity index (χ3v) is 5.62. The number of aromatic hydroxyl groups is 1. The number of nitrogens with one attached hydrogen (secondary N) is 1. The van der Waals surface area contributed by atoms with Gasteiger partial charge in [0.1, 0.15) is 0 Å². The number of rotatable bonds is 5. The van der Waals surface area contributed by atoms with Gasteiger partial charge in [-0.2, -0.15) is 0 Å². The van der Waals surface area contributed by atoms with Gasteiger partial charge in [0, 0.05) is 0 Å². The van der Waals surface area contributed by atoms with Crippen LogP contribution in [-0.2, 0) is 10.0 Å². The van der Waals surface area contributed by atoms with E-state index in [0.717, 1.165) is 0 Å². The first-order valence-corrected chi connectivity index (χ1v) is 10.8. The number of sulfonamides is 1. The number of nitrogens with two attached hydrogens (primary N) is 1. The van der Waals surface area contributed by atoms with Gasteiger partial charge >= 0.3 is 0 Å². The molecule has 1 aromatic heterocycles. The standard InChI is InChI=1S/C19H18BrN3O5S/c1-3-28-17-10-12(9-16(20)18(17)24)8-15-11(2)22-23(19(15)25)13-4-6-14(7-5-13)29(21,26)27/h4-10,22,24H,2-3H2,1H3,(H2,21,26,27)/b15-8+. The van der Waals surface area contributed by atoms with Crippen molar-refractivity contribution >= 4 is 38.6 Å². The molecule has 4 N–H and O–H groups in total. The molecule has 0 aliphatic rings. The van der Waals surface area contributed by atoms with Gasteiger partial charge in [0.15, 0.2) is 11.5 Å². The van der Waals surface area contributed by atoms with Crippen LogP contribution in [0, 0.1) is 0 Å². The first-order chi connectivity index (χ1) is 13.6. The van der Waals surface area contributed by atoms with Crippen LogP contribution >= 0.6 is 15.9 Å². The van der Waals surface area contributed by atoms with E-state index in [1.54, 1.807) is 25.1 Å². The molecule has 0 aliphatic carbocycles. The van der Waals surface area contributed by atoms with E-state index in [1.807, 2.05) is 0 Å². The Balaban J connectivity index is 2.12. The van der Waals surface area contributed by atoms with Crippen molar-refractivity contribution in [2.45, 2.75) is 11.8 Å². The van der Waals surface area contributed by atoms with Crippen molar-refractivity contribution in [2.75, 3.05) is 6.61 Å². The molecule has 29 heavy (non-hydrogen) atoms. The summed E-state index contributed by atoms with van der Waals surface area (Å²) in [5.41, 5.74) is 0.671. The highest BCUT2D eigenvalue weighted by Crippen LogP contribution is 2.35. The fourth-order valence-electron chi connectivity index (χ4n) is 2.72. The molecule has 0 aliphatic heterocycles. The van der Waals surface area contributed by atoms with Crippen molar-refractivity contribution in [1.29, 1.82) is 0 Å². The normalized spacial score (nSPS) is 12.3. The fraction of sp³-hybridized carbons (Fsp3) is 0.105. The highest BCUT2D eigenvalue weighted by Gasteiger charge is 2.11. The molecule has 0 atom stereocenters. The molecule has 0 spiro atoms. The second-order valence-corrected chi connectivity index (χ2v) is 8.53. The Morgan fingerprint density at radius 1 is 1.31 bits per heavy atom. The zero-order valence-corrected chi connectivity index (χ0v) is 17.7. The SMILES string of the molecule is C=c1[nH]n(-c2ccc(S(N)(=O)=O)cc2)c(=O)/c1=C/c1cc(Br)c(O)c(OCC)c1. The van der Waals surface area contributed by atoms with Crippen LogP contribution in [0.4, 0.5) is 0 Å². The van der Waals surface area contributed by atoms with Gasteiger partial charge in [0.2, 0.25) is 10.0 Å². The van der Waals surface area contributed by atoms with Crippen molar-refractivity contribution < 1.29 is 18.3 Å². The number of hydrogen-bond acceptors (Lipinski definition) is 5. The number of H-pyrrole nitrogens is 1. The minimum atomic E-state index is -3.82. The van der Waals surface area contributed by atoms with Crippen LogP contribution in [0.1, 0.15) is 12.5 Å². The maximum atomic E-state index is 12.9. The summed E-state index contributed by atoms with van der Waals surface area (Å²) in [6.07, 6.45) is 1.61. The van der Waals surface area contributed by atoms with Gasteiger partial charge in [-0.1, -0.05) is 6.58 Å². The smallest absolute Gasteiger partial charge is 0.279 e. The van der Waals surface area contributed by atoms with Gasteiger partial charge in [-0.15, -0.1) is 0 Å². The molecular weight excluding hydrogens is 462 g/mol. The maximum absolute atomic E-state index is 12.9. The first kappa shape index (κ1) is 20.9. The lowest BCUT2D eigenvalue weighted by molar-refractivity contribution is 0.317. The lowest BCUT2D eigenvalue weighted by Gasteiger charge is -2.08. The predicted molar refractivity (Wildman–Crippen MR) is 113 cm³/mol. The second-order valence-electron chi connectivity index (χ2n) is 6.11. The average Bonchev–Trinajstić information content (AvgIpc) is 2.93. The molecule has 1 heterocycles. The van der Waals surface area contributed by atoms with Crippen molar-refractivity contribution in [3.05, 3.63) is 67.4 Å². The van der Waals surface area contributed by atoms with Crippen LogP contribution in [0.2, 0.25) is 0 Å². The van der Waals surface area contributed by atoms with Gasteiger partial charge < -0.3 is 9.84 Å². The van der Waals surface area contributed by atoms with E-state index >= 15 is 0 Å². The van der Waals surface area contributed by atoms with Crippen LogP contribution in [0.3, 0.4) is 0 Å². The molecule has 8 nitrogen and oxygen atoms in total. The number of phenolic OH excluding ortho intramolecular Hbond substituents is 1. The molecule has 0 saturated heterocycles. The van der Waals surface area contributed by atoms with Crippen LogP contribution in [0.5, 0.6) is 11.5 Å². The summed E-state index contributed by atoms with van der Waals surface area (Å²) in [7, 11) is -3.82. The molecular formula is C19H18BrN3O5S. The van der Waals surface area contributed by atoms with Crippen molar-refractivity contribution in [2.24, 2.45) is 5.14 Å². The Labute approximate surface area is 174 Å². The number of primary sulfonamides is 1. The van der Waals surface area contributed by atoms with Crippen molar-refractivity contribution in [3.8, 4) is 17.2 Å². The number of nitrogens with zero attached hydrogens (tertiary/aromatic N) is 1. The number of hydrogen-bond donors (Lipinski definition) is 3. The summed E-state index contributed by atoms with van der Waals surface area (Å²) in [6, 6.07) is 8.82. The lowest BCUT2D eigenvalue weighted by Crippen LogP contribution is -2.33. The van der Waals surface area contributed by atoms with Crippen LogP contribution in [0.25, 0.3) is 18.3 Å². The number of benzene rings is 2. The average molecular weight is 480 g/mol. The molecule has 10 heteroatoms. The lowest BCUT2D eigenvalue weighted by atomic mass is 10.1. The topological polar surface area (TPSA) is 127 Å². The summed E-state index contributed by atoms with van der Waals surface area (Å²) in [6.45, 7) is 6.03. The van der Waals surface area contributed by atoms with Crippen molar-refractivity contribution in [1.82, 2.24) is 9.78 Å². The van der Waals surface area contributed by atoms with Crippen LogP contribution in [-0.4, -0.2) is 29.9 Å². The van der Waals surface area contributed by atoms with E-state index in [2.05, 4.69) is 27.6 Å². The van der Waals surface area contributed by atoms with E-state index in [1.165, 1.54) is 28.9 Å². The second kappa shape index (κ2) is 7.90. The Morgan fingerprint density at radius 3 is 2.55 bits per heavy atom. The summed E-state index contributed by atoms with van der Waals surface area (Å²) >= 11 is 3.27. The number of aromatic nitrogens is 2. The molecule has 2 aromatic carbocycles.